The van der Waals surface area contributed by atoms with Crippen LogP contribution in [0, 0.1) is 16.7 Å². The standard InChI is InChI=1S/C31H35Cl2N5O5/c1-4-42-30(39)38-18-31(19-38)6-9-37(10-7-31)8-5-11-43-28-14-24-21(12-27(28)41-3)29(20(16-34)17-35-24)36-25-15-26(40-2)23(33)13-22(25)32/h12-15,17H,4-11,18-19H2,1-3H3,(H,35,36). The number of carbonyl (C=O) groups excluding carboxylic acids is 1. The molecule has 0 saturated carbocycles. The Morgan fingerprint density at radius 1 is 1.07 bits per heavy atom. The Balaban J connectivity index is 1.21. The minimum absolute atomic E-state index is 0.198. The summed E-state index contributed by atoms with van der Waals surface area (Å²) in [6.07, 6.45) is 4.34. The smallest absolute Gasteiger partial charge is 0.409 e. The van der Waals surface area contributed by atoms with Crippen molar-refractivity contribution in [1.82, 2.24) is 14.8 Å². The summed E-state index contributed by atoms with van der Waals surface area (Å²) >= 11 is 12.7. The van der Waals surface area contributed by atoms with E-state index in [0.717, 1.165) is 52.0 Å². The minimum Gasteiger partial charge on any atom is -0.495 e. The van der Waals surface area contributed by atoms with E-state index in [0.29, 0.717) is 68.3 Å². The number of pyridine rings is 1. The number of methoxy groups -OCH3 is 2. The average Bonchev–Trinajstić information content (AvgIpc) is 2.99. The van der Waals surface area contributed by atoms with Gasteiger partial charge in [0.2, 0.25) is 0 Å². The molecule has 0 bridgehead atoms. The number of ether oxygens (including phenoxy) is 4. The third kappa shape index (κ3) is 6.64. The fourth-order valence-corrected chi connectivity index (χ4v) is 6.26. The number of nitrogens with one attached hydrogen (secondary N) is 1. The molecule has 3 heterocycles. The van der Waals surface area contributed by atoms with Crippen LogP contribution >= 0.6 is 23.2 Å². The molecule has 0 unspecified atom stereocenters. The lowest BCUT2D eigenvalue weighted by Gasteiger charge is -2.53. The van der Waals surface area contributed by atoms with E-state index < -0.39 is 0 Å². The fraction of sp³-hybridized carbons (Fsp3) is 0.452. The molecule has 0 atom stereocenters. The Hall–Kier alpha value is -3.65. The van der Waals surface area contributed by atoms with Crippen molar-refractivity contribution in [2.24, 2.45) is 5.41 Å². The van der Waals surface area contributed by atoms with Crippen molar-refractivity contribution in [3.63, 3.8) is 0 Å². The van der Waals surface area contributed by atoms with E-state index in [1.807, 2.05) is 24.0 Å². The largest absolute Gasteiger partial charge is 0.495 e. The lowest BCUT2D eigenvalue weighted by molar-refractivity contribution is -0.0410. The predicted molar refractivity (Wildman–Crippen MR) is 166 cm³/mol. The van der Waals surface area contributed by atoms with Gasteiger partial charge in [-0.1, -0.05) is 23.2 Å². The Bertz CT molecular complexity index is 1530. The van der Waals surface area contributed by atoms with Crippen LogP contribution in [0.5, 0.6) is 17.2 Å². The number of nitrogens with zero attached hydrogens (tertiary/aromatic N) is 4. The number of halogens is 2. The van der Waals surface area contributed by atoms with Crippen LogP contribution in [0.4, 0.5) is 16.2 Å². The number of carbonyl (C=O) groups is 1. The first-order valence-electron chi connectivity index (χ1n) is 14.3. The molecule has 228 valence electrons. The number of piperidine rings is 1. The van der Waals surface area contributed by atoms with Gasteiger partial charge in [0.25, 0.3) is 0 Å². The molecule has 2 aromatic carbocycles. The SMILES string of the molecule is CCOC(=O)N1CC2(CCN(CCCOc3cc4ncc(C#N)c(Nc5cc(OC)c(Cl)cc5Cl)c4cc3OC)CC2)C1. The minimum atomic E-state index is -0.198. The van der Waals surface area contributed by atoms with Crippen molar-refractivity contribution in [2.45, 2.75) is 26.2 Å². The van der Waals surface area contributed by atoms with E-state index in [2.05, 4.69) is 21.3 Å². The zero-order chi connectivity index (χ0) is 30.6. The van der Waals surface area contributed by atoms with Gasteiger partial charge in [-0.25, -0.2) is 4.79 Å². The molecule has 12 heteroatoms. The highest BCUT2D eigenvalue weighted by atomic mass is 35.5. The van der Waals surface area contributed by atoms with Crippen LogP contribution in [-0.4, -0.2) is 81.0 Å². The van der Waals surface area contributed by atoms with Gasteiger partial charge in [0.1, 0.15) is 11.8 Å². The summed E-state index contributed by atoms with van der Waals surface area (Å²) in [4.78, 5) is 20.7. The van der Waals surface area contributed by atoms with Gasteiger partial charge >= 0.3 is 6.09 Å². The molecule has 5 rings (SSSR count). The van der Waals surface area contributed by atoms with E-state index >= 15 is 0 Å². The van der Waals surface area contributed by atoms with Crippen molar-refractivity contribution in [3.8, 4) is 23.3 Å². The Morgan fingerprint density at radius 2 is 1.81 bits per heavy atom. The van der Waals surface area contributed by atoms with E-state index in [4.69, 9.17) is 42.1 Å². The number of hydrogen-bond donors (Lipinski definition) is 1. The second-order valence-corrected chi connectivity index (χ2v) is 11.7. The highest BCUT2D eigenvalue weighted by molar-refractivity contribution is 6.37. The molecule has 3 aromatic rings. The summed E-state index contributed by atoms with van der Waals surface area (Å²) in [5, 5.41) is 14.5. The monoisotopic (exact) mass is 627 g/mol. The zero-order valence-electron chi connectivity index (χ0n) is 24.5. The number of likely N-dealkylation sites (tertiary alicyclic amines) is 2. The first-order chi connectivity index (χ1) is 20.8. The van der Waals surface area contributed by atoms with Crippen LogP contribution in [0.3, 0.4) is 0 Å². The van der Waals surface area contributed by atoms with Crippen molar-refractivity contribution >= 4 is 51.6 Å². The molecular formula is C31H35Cl2N5O5. The number of hydrogen-bond acceptors (Lipinski definition) is 9. The molecule has 2 fully saturated rings. The normalized spacial score (nSPS) is 16.0. The van der Waals surface area contributed by atoms with Crippen LogP contribution in [0.1, 0.15) is 31.7 Å². The van der Waals surface area contributed by atoms with Crippen molar-refractivity contribution in [3.05, 3.63) is 46.1 Å². The number of amides is 1. The molecule has 2 aliphatic rings. The second-order valence-electron chi connectivity index (χ2n) is 10.9. The van der Waals surface area contributed by atoms with Crippen LogP contribution in [0.15, 0.2) is 30.5 Å². The van der Waals surface area contributed by atoms with Crippen LogP contribution in [0.2, 0.25) is 10.0 Å². The van der Waals surface area contributed by atoms with Crippen LogP contribution < -0.4 is 19.5 Å². The van der Waals surface area contributed by atoms with E-state index in [1.165, 1.54) is 13.3 Å². The number of anilines is 2. The molecule has 1 aromatic heterocycles. The van der Waals surface area contributed by atoms with Gasteiger partial charge in [0, 0.05) is 48.8 Å². The highest BCUT2D eigenvalue weighted by Crippen LogP contribution is 2.42. The first-order valence-corrected chi connectivity index (χ1v) is 15.0. The fourth-order valence-electron chi connectivity index (χ4n) is 5.75. The van der Waals surface area contributed by atoms with Gasteiger partial charge < -0.3 is 34.1 Å². The number of fused-ring (bicyclic) bond motifs is 1. The number of nitriles is 1. The lowest BCUT2D eigenvalue weighted by Crippen LogP contribution is -2.62. The maximum atomic E-state index is 11.9. The Labute approximate surface area is 261 Å². The number of benzene rings is 2. The average molecular weight is 629 g/mol. The van der Waals surface area contributed by atoms with Gasteiger partial charge in [-0.3, -0.25) is 4.98 Å². The molecule has 10 nitrogen and oxygen atoms in total. The van der Waals surface area contributed by atoms with Gasteiger partial charge in [-0.15, -0.1) is 0 Å². The molecule has 1 N–H and O–H groups in total. The Morgan fingerprint density at radius 3 is 2.49 bits per heavy atom. The maximum absolute atomic E-state index is 11.9. The summed E-state index contributed by atoms with van der Waals surface area (Å²) in [6, 6.07) is 9.09. The van der Waals surface area contributed by atoms with Gasteiger partial charge in [0.05, 0.1) is 59.9 Å². The predicted octanol–water partition coefficient (Wildman–Crippen LogP) is 6.50. The molecule has 2 saturated heterocycles. The third-order valence-electron chi connectivity index (χ3n) is 8.15. The molecular weight excluding hydrogens is 593 g/mol. The van der Waals surface area contributed by atoms with E-state index in [-0.39, 0.29) is 11.5 Å². The van der Waals surface area contributed by atoms with E-state index in [1.54, 1.807) is 19.2 Å². The summed E-state index contributed by atoms with van der Waals surface area (Å²) < 4.78 is 22.3. The topological polar surface area (TPSA) is 109 Å². The highest BCUT2D eigenvalue weighted by Gasteiger charge is 2.47. The second kappa shape index (κ2) is 13.3. The lowest BCUT2D eigenvalue weighted by atomic mass is 9.72. The molecule has 1 spiro atoms. The van der Waals surface area contributed by atoms with Crippen molar-refractivity contribution in [2.75, 3.05) is 65.5 Å². The quantitative estimate of drug-likeness (QED) is 0.252. The third-order valence-corrected chi connectivity index (χ3v) is 8.75. The van der Waals surface area contributed by atoms with E-state index in [9.17, 15) is 10.1 Å². The molecule has 1 amide bonds. The van der Waals surface area contributed by atoms with Crippen molar-refractivity contribution < 1.29 is 23.7 Å². The molecule has 0 radical (unpaired) electrons. The van der Waals surface area contributed by atoms with Gasteiger partial charge in [0.15, 0.2) is 11.5 Å². The van der Waals surface area contributed by atoms with Crippen molar-refractivity contribution in [1.29, 1.82) is 5.26 Å². The van der Waals surface area contributed by atoms with Crippen LogP contribution in [0.25, 0.3) is 10.9 Å². The summed E-state index contributed by atoms with van der Waals surface area (Å²) in [5.74, 6) is 1.56. The molecule has 43 heavy (non-hydrogen) atoms. The van der Waals surface area contributed by atoms with Gasteiger partial charge in [-0.2, -0.15) is 5.26 Å². The van der Waals surface area contributed by atoms with Gasteiger partial charge in [-0.05, 0) is 51.4 Å². The Kier molecular flexibility index (Phi) is 9.55. The summed E-state index contributed by atoms with van der Waals surface area (Å²) in [7, 11) is 3.10. The summed E-state index contributed by atoms with van der Waals surface area (Å²) in [5.41, 5.74) is 2.28. The maximum Gasteiger partial charge on any atom is 0.409 e. The zero-order valence-corrected chi connectivity index (χ0v) is 26.1. The summed E-state index contributed by atoms with van der Waals surface area (Å²) in [6.45, 7) is 7.31. The molecule has 0 aliphatic carbocycles. The number of aromatic nitrogens is 1. The molecule has 2 aliphatic heterocycles. The van der Waals surface area contributed by atoms with Crippen LogP contribution in [-0.2, 0) is 4.74 Å². The first kappa shape index (κ1) is 30.8. The number of rotatable bonds is 10.